The van der Waals surface area contributed by atoms with Crippen LogP contribution in [0.2, 0.25) is 0 Å². The molecule has 1 saturated heterocycles. The van der Waals surface area contributed by atoms with Gasteiger partial charge in [-0.3, -0.25) is 14.4 Å². The van der Waals surface area contributed by atoms with E-state index in [2.05, 4.69) is 20.5 Å². The standard InChI is InChI=1S/C25H28N4O3S/c1-2-17-9-4-5-12-20(17)27-23(31)18-10-8-11-19(15-18)26-22(30)16-21-24(32)28-25(33-21)29-13-6-3-7-14-29/h4-5,8-12,15,21H,2-3,6-7,13-14,16H2,1H3,(H,26,30)(H,27,31). The molecular weight excluding hydrogens is 436 g/mol. The summed E-state index contributed by atoms with van der Waals surface area (Å²) in [6, 6.07) is 14.5. The molecule has 7 nitrogen and oxygen atoms in total. The van der Waals surface area contributed by atoms with Gasteiger partial charge in [-0.05, 0) is 55.5 Å². The Morgan fingerprint density at radius 3 is 2.64 bits per heavy atom. The van der Waals surface area contributed by atoms with Crippen molar-refractivity contribution in [3.8, 4) is 0 Å². The summed E-state index contributed by atoms with van der Waals surface area (Å²) in [5.41, 5.74) is 2.80. The van der Waals surface area contributed by atoms with Gasteiger partial charge in [0.15, 0.2) is 5.17 Å². The van der Waals surface area contributed by atoms with Gasteiger partial charge in [-0.1, -0.05) is 43.0 Å². The quantitative estimate of drug-likeness (QED) is 0.665. The summed E-state index contributed by atoms with van der Waals surface area (Å²) >= 11 is 1.38. The lowest BCUT2D eigenvalue weighted by Gasteiger charge is -2.27. The molecule has 1 fully saturated rings. The Hall–Kier alpha value is -3.13. The largest absolute Gasteiger partial charge is 0.351 e. The summed E-state index contributed by atoms with van der Waals surface area (Å²) in [5, 5.41) is 5.99. The minimum Gasteiger partial charge on any atom is -0.351 e. The van der Waals surface area contributed by atoms with E-state index in [1.807, 2.05) is 31.2 Å². The minimum absolute atomic E-state index is 0.0463. The number of amidine groups is 1. The SMILES string of the molecule is CCc1ccccc1NC(=O)c1cccc(NC(=O)CC2SC(N3CCCCC3)=NC2=O)c1. The Morgan fingerprint density at radius 1 is 1.06 bits per heavy atom. The minimum atomic E-state index is -0.501. The van der Waals surface area contributed by atoms with Gasteiger partial charge in [-0.2, -0.15) is 4.99 Å². The highest BCUT2D eigenvalue weighted by Gasteiger charge is 2.33. The van der Waals surface area contributed by atoms with E-state index in [1.165, 1.54) is 18.2 Å². The molecule has 0 spiro atoms. The highest BCUT2D eigenvalue weighted by Crippen LogP contribution is 2.29. The van der Waals surface area contributed by atoms with Gasteiger partial charge in [0, 0.05) is 36.4 Å². The van der Waals surface area contributed by atoms with Crippen molar-refractivity contribution in [1.29, 1.82) is 0 Å². The number of carbonyl (C=O) groups is 3. The molecule has 2 aliphatic rings. The van der Waals surface area contributed by atoms with E-state index >= 15 is 0 Å². The Balaban J connectivity index is 1.34. The molecular formula is C25H28N4O3S. The number of aryl methyl sites for hydroxylation is 1. The second kappa shape index (κ2) is 10.7. The van der Waals surface area contributed by atoms with Gasteiger partial charge in [-0.25, -0.2) is 0 Å². The van der Waals surface area contributed by atoms with Crippen LogP contribution in [0.5, 0.6) is 0 Å². The lowest BCUT2D eigenvalue weighted by atomic mass is 10.1. The number of aliphatic imine (C=N–C) groups is 1. The lowest BCUT2D eigenvalue weighted by Crippen LogP contribution is -2.33. The molecule has 0 bridgehead atoms. The number of rotatable bonds is 6. The second-order valence-electron chi connectivity index (χ2n) is 8.18. The molecule has 33 heavy (non-hydrogen) atoms. The maximum atomic E-state index is 12.7. The molecule has 3 amide bonds. The number of para-hydroxylation sites is 1. The number of benzene rings is 2. The van der Waals surface area contributed by atoms with Crippen molar-refractivity contribution in [1.82, 2.24) is 4.90 Å². The van der Waals surface area contributed by atoms with E-state index in [-0.39, 0.29) is 24.1 Å². The number of thioether (sulfide) groups is 1. The van der Waals surface area contributed by atoms with Crippen molar-refractivity contribution in [2.75, 3.05) is 23.7 Å². The predicted molar refractivity (Wildman–Crippen MR) is 133 cm³/mol. The zero-order valence-electron chi connectivity index (χ0n) is 18.7. The van der Waals surface area contributed by atoms with E-state index in [4.69, 9.17) is 0 Å². The second-order valence-corrected chi connectivity index (χ2v) is 9.35. The molecule has 2 N–H and O–H groups in total. The van der Waals surface area contributed by atoms with Crippen molar-refractivity contribution in [2.24, 2.45) is 4.99 Å². The number of carbonyl (C=O) groups excluding carboxylic acids is 3. The van der Waals surface area contributed by atoms with Gasteiger partial charge < -0.3 is 15.5 Å². The summed E-state index contributed by atoms with van der Waals surface area (Å²) in [5.74, 6) is -0.767. The summed E-state index contributed by atoms with van der Waals surface area (Å²) in [7, 11) is 0. The molecule has 172 valence electrons. The molecule has 2 aromatic rings. The van der Waals surface area contributed by atoms with Crippen LogP contribution in [0.15, 0.2) is 53.5 Å². The van der Waals surface area contributed by atoms with Gasteiger partial charge in [0.2, 0.25) is 5.91 Å². The van der Waals surface area contributed by atoms with E-state index in [1.54, 1.807) is 24.3 Å². The summed E-state index contributed by atoms with van der Waals surface area (Å²) < 4.78 is 0. The van der Waals surface area contributed by atoms with Gasteiger partial charge in [0.25, 0.3) is 11.8 Å². The van der Waals surface area contributed by atoms with Gasteiger partial charge in [0.05, 0.1) is 0 Å². The third-order valence-corrected chi connectivity index (χ3v) is 6.99. The topological polar surface area (TPSA) is 90.9 Å². The average Bonchev–Trinajstić information content (AvgIpc) is 3.20. The number of piperidine rings is 1. The molecule has 1 atom stereocenters. The molecule has 8 heteroatoms. The van der Waals surface area contributed by atoms with Crippen molar-refractivity contribution in [3.05, 3.63) is 59.7 Å². The highest BCUT2D eigenvalue weighted by molar-refractivity contribution is 8.15. The lowest BCUT2D eigenvalue weighted by molar-refractivity contribution is -0.121. The molecule has 2 aliphatic heterocycles. The van der Waals surface area contributed by atoms with E-state index < -0.39 is 5.25 Å². The molecule has 0 aliphatic carbocycles. The van der Waals surface area contributed by atoms with Crippen LogP contribution in [-0.4, -0.2) is 46.1 Å². The maximum absolute atomic E-state index is 12.7. The first-order valence-electron chi connectivity index (χ1n) is 11.4. The van der Waals surface area contributed by atoms with Crippen LogP contribution in [0.25, 0.3) is 0 Å². The molecule has 0 radical (unpaired) electrons. The first-order chi connectivity index (χ1) is 16.0. The Kier molecular flexibility index (Phi) is 7.44. The zero-order valence-corrected chi connectivity index (χ0v) is 19.5. The zero-order chi connectivity index (χ0) is 23.2. The van der Waals surface area contributed by atoms with E-state index in [0.29, 0.717) is 11.3 Å². The number of hydrogen-bond acceptors (Lipinski definition) is 5. The summed E-state index contributed by atoms with van der Waals surface area (Å²) in [6.45, 7) is 3.86. The fourth-order valence-electron chi connectivity index (χ4n) is 3.99. The number of nitrogens with zero attached hydrogens (tertiary/aromatic N) is 2. The molecule has 4 rings (SSSR count). The van der Waals surface area contributed by atoms with Crippen LogP contribution in [0.1, 0.15) is 48.5 Å². The molecule has 2 aromatic carbocycles. The normalized spacial score (nSPS) is 18.1. The number of nitrogens with one attached hydrogen (secondary N) is 2. The summed E-state index contributed by atoms with van der Waals surface area (Å²) in [4.78, 5) is 44.0. The van der Waals surface area contributed by atoms with Gasteiger partial charge in [-0.15, -0.1) is 0 Å². The van der Waals surface area contributed by atoms with Gasteiger partial charge >= 0.3 is 0 Å². The van der Waals surface area contributed by atoms with Crippen molar-refractivity contribution in [3.63, 3.8) is 0 Å². The average molecular weight is 465 g/mol. The fourth-order valence-corrected chi connectivity index (χ4v) is 5.11. The number of amides is 3. The maximum Gasteiger partial charge on any atom is 0.262 e. The summed E-state index contributed by atoms with van der Waals surface area (Å²) in [6.07, 6.45) is 4.27. The smallest absolute Gasteiger partial charge is 0.262 e. The molecule has 2 heterocycles. The van der Waals surface area contributed by atoms with Crippen LogP contribution >= 0.6 is 11.8 Å². The Morgan fingerprint density at radius 2 is 1.85 bits per heavy atom. The monoisotopic (exact) mass is 464 g/mol. The highest BCUT2D eigenvalue weighted by atomic mass is 32.2. The van der Waals surface area contributed by atoms with E-state index in [0.717, 1.165) is 48.8 Å². The van der Waals surface area contributed by atoms with Crippen LogP contribution < -0.4 is 10.6 Å². The molecule has 0 aromatic heterocycles. The molecule has 1 unspecified atom stereocenters. The van der Waals surface area contributed by atoms with Crippen LogP contribution in [0.3, 0.4) is 0 Å². The third kappa shape index (κ3) is 5.82. The van der Waals surface area contributed by atoms with Crippen LogP contribution in [-0.2, 0) is 16.0 Å². The van der Waals surface area contributed by atoms with E-state index in [9.17, 15) is 14.4 Å². The van der Waals surface area contributed by atoms with Crippen molar-refractivity contribution in [2.45, 2.75) is 44.3 Å². The number of anilines is 2. The van der Waals surface area contributed by atoms with Gasteiger partial charge in [0.1, 0.15) is 5.25 Å². The number of hydrogen-bond donors (Lipinski definition) is 2. The predicted octanol–water partition coefficient (Wildman–Crippen LogP) is 4.31. The fraction of sp³-hybridized carbons (Fsp3) is 0.360. The van der Waals surface area contributed by atoms with Crippen LogP contribution in [0.4, 0.5) is 11.4 Å². The first kappa shape index (κ1) is 23.0. The Labute approximate surface area is 198 Å². The number of likely N-dealkylation sites (tertiary alicyclic amines) is 1. The van der Waals surface area contributed by atoms with Crippen molar-refractivity contribution >= 4 is 46.0 Å². The Bertz CT molecular complexity index is 1080. The molecule has 0 saturated carbocycles. The van der Waals surface area contributed by atoms with Crippen LogP contribution in [0, 0.1) is 0 Å². The third-order valence-electron chi connectivity index (χ3n) is 5.78. The first-order valence-corrected chi connectivity index (χ1v) is 12.2. The van der Waals surface area contributed by atoms with Crippen molar-refractivity contribution < 1.29 is 14.4 Å².